The molecule has 1 rings (SSSR count). The van der Waals surface area contributed by atoms with Gasteiger partial charge in [-0.3, -0.25) is 12.1 Å². The Hall–Kier alpha value is -0.325. The maximum atomic E-state index is 5.93. The van der Waals surface area contributed by atoms with Crippen molar-refractivity contribution in [2.75, 3.05) is 13.8 Å². The molecule has 3 heteroatoms. The van der Waals surface area contributed by atoms with Crippen LogP contribution in [0.2, 0.25) is 0 Å². The molecule has 0 aliphatic heterocycles. The van der Waals surface area contributed by atoms with Crippen LogP contribution < -0.4 is 5.30 Å². The van der Waals surface area contributed by atoms with Crippen LogP contribution in [-0.4, -0.2) is 21.3 Å². The zero-order valence-electron chi connectivity index (χ0n) is 6.82. The zero-order valence-corrected chi connectivity index (χ0v) is 7.71. The van der Waals surface area contributed by atoms with Gasteiger partial charge in [-0.1, -0.05) is 25.6 Å². The first-order valence-corrected chi connectivity index (χ1v) is 5.65. The van der Waals surface area contributed by atoms with Gasteiger partial charge in [0.1, 0.15) is 0 Å². The fraction of sp³-hybridized carbons (Fsp3) is 0.250. The first-order valence-electron chi connectivity index (χ1n) is 3.43. The Balaban J connectivity index is 2.93. The van der Waals surface area contributed by atoms with E-state index in [0.29, 0.717) is 0 Å². The molecule has 0 amide bonds. The molecule has 1 aromatic carbocycles. The second-order valence-electron chi connectivity index (χ2n) is 2.51. The summed E-state index contributed by atoms with van der Waals surface area (Å²) < 4.78 is 5.21. The Labute approximate surface area is 69.6 Å². The molecule has 0 N–H and O–H groups in total. The topological polar surface area (TPSA) is 9.23 Å². The van der Waals surface area contributed by atoms with E-state index in [0.717, 1.165) is 5.30 Å². The van der Waals surface area contributed by atoms with Crippen LogP contribution in [0, 0.1) is 0 Å². The maximum absolute atomic E-state index is 5.93. The Bertz CT molecular complexity index is 223. The number of hydrogen-bond donors (Lipinski definition) is 0. The summed E-state index contributed by atoms with van der Waals surface area (Å²) in [6, 6.07) is 9.91. The lowest BCUT2D eigenvalue weighted by Gasteiger charge is -2.28. The predicted octanol–water partition coefficient (Wildman–Crippen LogP) is 1.60. The number of hydrogen-bond acceptors (Lipinski definition) is 1. The molecule has 1 unspecified atom stereocenters. The molecule has 0 saturated carbocycles. The van der Waals surface area contributed by atoms with Crippen molar-refractivity contribution in [3.8, 4) is 0 Å². The fourth-order valence-corrected chi connectivity index (χ4v) is 1.80. The van der Waals surface area contributed by atoms with Crippen LogP contribution in [0.5, 0.6) is 0 Å². The minimum absolute atomic E-state index is 1.10. The molecule has 3 radical (unpaired) electrons. The van der Waals surface area contributed by atoms with Gasteiger partial charge in [0, 0.05) is 6.66 Å². The normalized spacial score (nSPS) is 15.9. The Morgan fingerprint density at radius 1 is 1.27 bits per heavy atom. The number of rotatable bonds is 2. The first-order chi connectivity index (χ1) is 5.17. The average molecular weight is 165 g/mol. The van der Waals surface area contributed by atoms with Gasteiger partial charge < -0.3 is 0 Å². The highest BCUT2D eigenvalue weighted by atomic mass is 31.2. The van der Waals surface area contributed by atoms with Crippen molar-refractivity contribution in [3.05, 3.63) is 30.3 Å². The molecular formula is C8H11BOP. The van der Waals surface area contributed by atoms with Gasteiger partial charge >= 0.3 is 0 Å². The van der Waals surface area contributed by atoms with E-state index in [1.54, 1.807) is 7.11 Å². The molecule has 0 aromatic heterocycles. The van der Waals surface area contributed by atoms with Crippen molar-refractivity contribution in [3.63, 3.8) is 0 Å². The van der Waals surface area contributed by atoms with Gasteiger partial charge in [0.05, 0.1) is 12.4 Å². The summed E-state index contributed by atoms with van der Waals surface area (Å²) in [6.45, 7) is 1.95. The van der Waals surface area contributed by atoms with Crippen LogP contribution >= 0.6 is 7.37 Å². The van der Waals surface area contributed by atoms with Gasteiger partial charge in [0.2, 0.25) is 0 Å². The molecule has 1 nitrogen and oxygen atoms in total. The van der Waals surface area contributed by atoms with E-state index in [9.17, 15) is 0 Å². The van der Waals surface area contributed by atoms with Crippen molar-refractivity contribution < 1.29 is 4.52 Å². The summed E-state index contributed by atoms with van der Waals surface area (Å²) in [5.41, 5.74) is 0. The van der Waals surface area contributed by atoms with Gasteiger partial charge in [-0.2, -0.15) is 0 Å². The largest absolute Gasteiger partial charge is 0.292 e. The molecule has 1 aromatic rings. The lowest BCUT2D eigenvalue weighted by Crippen LogP contribution is -2.10. The SMILES string of the molecule is [B-][P+](C)(OC)c1ccccc1. The molecule has 57 valence electrons. The van der Waals surface area contributed by atoms with Crippen molar-refractivity contribution in [2.45, 2.75) is 0 Å². The van der Waals surface area contributed by atoms with E-state index in [1.807, 2.05) is 37.0 Å². The molecule has 0 fully saturated rings. The first kappa shape index (κ1) is 8.77. The standard InChI is InChI=1S/C8H11BOP/c1-10-11(2,9)8-6-4-3-5-7-8/h3-7H,1-2H3. The third-order valence-corrected chi connectivity index (χ3v) is 3.73. The van der Waals surface area contributed by atoms with Gasteiger partial charge in [-0.15, -0.1) is 0 Å². The second kappa shape index (κ2) is 3.38. The molecular weight excluding hydrogens is 154 g/mol. The van der Waals surface area contributed by atoms with Crippen LogP contribution in [0.4, 0.5) is 0 Å². The molecule has 0 spiro atoms. The van der Waals surface area contributed by atoms with Crippen LogP contribution in [0.1, 0.15) is 0 Å². The molecule has 1 atom stereocenters. The van der Waals surface area contributed by atoms with Crippen molar-refractivity contribution in [2.24, 2.45) is 0 Å². The van der Waals surface area contributed by atoms with Crippen LogP contribution in [0.3, 0.4) is 0 Å². The maximum Gasteiger partial charge on any atom is 0.0737 e. The highest BCUT2D eigenvalue weighted by molar-refractivity contribution is 7.98. The quantitative estimate of drug-likeness (QED) is 0.477. The zero-order chi connectivity index (χ0) is 8.32. The Morgan fingerprint density at radius 3 is 2.27 bits per heavy atom. The van der Waals surface area contributed by atoms with Gasteiger partial charge in [-0.05, 0) is 12.1 Å². The summed E-state index contributed by atoms with van der Waals surface area (Å²) in [5, 5.41) is 1.10. The van der Waals surface area contributed by atoms with Crippen molar-refractivity contribution in [1.82, 2.24) is 0 Å². The van der Waals surface area contributed by atoms with E-state index in [2.05, 4.69) is 0 Å². The number of benzene rings is 1. The summed E-state index contributed by atoms with van der Waals surface area (Å²) in [5.74, 6) is 0. The summed E-state index contributed by atoms with van der Waals surface area (Å²) >= 11 is 0. The molecule has 0 saturated heterocycles. The molecule has 0 aliphatic rings. The second-order valence-corrected chi connectivity index (χ2v) is 5.37. The minimum Gasteiger partial charge on any atom is -0.292 e. The highest BCUT2D eigenvalue weighted by Gasteiger charge is 2.12. The molecule has 0 heterocycles. The van der Waals surface area contributed by atoms with E-state index >= 15 is 0 Å². The Kier molecular flexibility index (Phi) is 2.70. The van der Waals surface area contributed by atoms with Crippen LogP contribution in [0.15, 0.2) is 30.3 Å². The summed E-state index contributed by atoms with van der Waals surface area (Å²) in [4.78, 5) is 0. The highest BCUT2D eigenvalue weighted by Crippen LogP contribution is 2.48. The smallest absolute Gasteiger partial charge is 0.0737 e. The molecule has 0 aliphatic carbocycles. The Morgan fingerprint density at radius 2 is 1.82 bits per heavy atom. The van der Waals surface area contributed by atoms with Gasteiger partial charge in [0.15, 0.2) is 0 Å². The van der Waals surface area contributed by atoms with Crippen molar-refractivity contribution in [1.29, 1.82) is 0 Å². The lowest BCUT2D eigenvalue weighted by atomic mass is 10.4. The van der Waals surface area contributed by atoms with E-state index in [1.165, 1.54) is 0 Å². The lowest BCUT2D eigenvalue weighted by molar-refractivity contribution is 0.466. The fourth-order valence-electron chi connectivity index (χ4n) is 0.829. The van der Waals surface area contributed by atoms with Crippen molar-refractivity contribution >= 4 is 20.2 Å². The van der Waals surface area contributed by atoms with E-state index in [4.69, 9.17) is 12.1 Å². The monoisotopic (exact) mass is 165 g/mol. The summed E-state index contributed by atoms with van der Waals surface area (Å²) in [6.07, 6.45) is 0. The van der Waals surface area contributed by atoms with E-state index in [-0.39, 0.29) is 0 Å². The summed E-state index contributed by atoms with van der Waals surface area (Å²) in [7, 11) is 5.80. The molecule has 11 heavy (non-hydrogen) atoms. The van der Waals surface area contributed by atoms with Gasteiger partial charge in [0.25, 0.3) is 0 Å². The van der Waals surface area contributed by atoms with Gasteiger partial charge in [-0.25, -0.2) is 0 Å². The van der Waals surface area contributed by atoms with Crippen LogP contribution in [0.25, 0.3) is 0 Å². The molecule has 0 bridgehead atoms. The minimum atomic E-state index is -1.78. The van der Waals surface area contributed by atoms with E-state index < -0.39 is 7.37 Å². The third-order valence-electron chi connectivity index (χ3n) is 1.65. The third kappa shape index (κ3) is 2.05. The van der Waals surface area contributed by atoms with Crippen LogP contribution in [-0.2, 0) is 4.52 Å². The predicted molar refractivity (Wildman–Crippen MR) is 51.7 cm³/mol. The average Bonchev–Trinajstić information content (AvgIpc) is 2.06.